The lowest BCUT2D eigenvalue weighted by Crippen LogP contribution is -1.99. The SMILES string of the molecule is Cc1ccc(-n2nccc2-c2cn(C)cn2)cn1. The number of aryl methyl sites for hydroxylation is 2. The fraction of sp³-hybridized carbons (Fsp3) is 0.154. The van der Waals surface area contributed by atoms with Crippen molar-refractivity contribution in [2.75, 3.05) is 0 Å². The van der Waals surface area contributed by atoms with Crippen molar-refractivity contribution in [1.82, 2.24) is 24.3 Å². The van der Waals surface area contributed by atoms with Crippen LogP contribution in [0.4, 0.5) is 0 Å². The number of aromatic nitrogens is 5. The Bertz CT molecular complexity index is 663. The zero-order valence-corrected chi connectivity index (χ0v) is 10.3. The molecule has 0 radical (unpaired) electrons. The predicted octanol–water partition coefficient (Wildman–Crippen LogP) is 1.98. The van der Waals surface area contributed by atoms with E-state index in [0.717, 1.165) is 22.8 Å². The second-order valence-electron chi connectivity index (χ2n) is 4.21. The van der Waals surface area contributed by atoms with Gasteiger partial charge >= 0.3 is 0 Å². The van der Waals surface area contributed by atoms with Crippen LogP contribution < -0.4 is 0 Å². The summed E-state index contributed by atoms with van der Waals surface area (Å²) in [4.78, 5) is 8.63. The van der Waals surface area contributed by atoms with E-state index in [4.69, 9.17) is 0 Å². The molecule has 0 spiro atoms. The highest BCUT2D eigenvalue weighted by molar-refractivity contribution is 5.56. The van der Waals surface area contributed by atoms with Gasteiger partial charge in [0, 0.05) is 18.9 Å². The first-order valence-electron chi connectivity index (χ1n) is 5.69. The summed E-state index contributed by atoms with van der Waals surface area (Å²) in [6, 6.07) is 5.92. The molecule has 3 rings (SSSR count). The van der Waals surface area contributed by atoms with Gasteiger partial charge in [-0.2, -0.15) is 5.10 Å². The first-order valence-corrected chi connectivity index (χ1v) is 5.69. The van der Waals surface area contributed by atoms with Gasteiger partial charge in [0.2, 0.25) is 0 Å². The van der Waals surface area contributed by atoms with Crippen molar-refractivity contribution in [3.63, 3.8) is 0 Å². The van der Waals surface area contributed by atoms with Crippen molar-refractivity contribution in [3.8, 4) is 17.1 Å². The summed E-state index contributed by atoms with van der Waals surface area (Å²) in [6.07, 6.45) is 7.33. The Morgan fingerprint density at radius 3 is 2.67 bits per heavy atom. The lowest BCUT2D eigenvalue weighted by molar-refractivity contribution is 0.875. The van der Waals surface area contributed by atoms with Crippen molar-refractivity contribution in [2.45, 2.75) is 6.92 Å². The lowest BCUT2D eigenvalue weighted by atomic mass is 10.3. The Hall–Kier alpha value is -2.43. The molecule has 0 saturated carbocycles. The van der Waals surface area contributed by atoms with Gasteiger partial charge in [0.15, 0.2) is 0 Å². The molecule has 0 unspecified atom stereocenters. The van der Waals surface area contributed by atoms with E-state index in [0.29, 0.717) is 0 Å². The molecule has 5 heteroatoms. The molecule has 0 aliphatic carbocycles. The van der Waals surface area contributed by atoms with E-state index in [2.05, 4.69) is 15.1 Å². The molecule has 18 heavy (non-hydrogen) atoms. The Morgan fingerprint density at radius 2 is 2.00 bits per heavy atom. The molecule has 0 saturated heterocycles. The van der Waals surface area contributed by atoms with Gasteiger partial charge in [0.1, 0.15) is 5.69 Å². The molecule has 0 aliphatic heterocycles. The van der Waals surface area contributed by atoms with Gasteiger partial charge in [-0.05, 0) is 25.1 Å². The highest BCUT2D eigenvalue weighted by Gasteiger charge is 2.09. The van der Waals surface area contributed by atoms with Crippen LogP contribution in [-0.2, 0) is 7.05 Å². The van der Waals surface area contributed by atoms with Crippen molar-refractivity contribution < 1.29 is 0 Å². The minimum Gasteiger partial charge on any atom is -0.340 e. The molecular weight excluding hydrogens is 226 g/mol. The molecule has 0 aromatic carbocycles. The number of nitrogens with zero attached hydrogens (tertiary/aromatic N) is 5. The molecule has 0 bridgehead atoms. The molecule has 5 nitrogen and oxygen atoms in total. The fourth-order valence-electron chi connectivity index (χ4n) is 1.83. The zero-order valence-electron chi connectivity index (χ0n) is 10.3. The standard InChI is InChI=1S/C13H13N5/c1-10-3-4-11(7-14-10)18-13(5-6-16-18)12-8-17(2)9-15-12/h3-9H,1-2H3. The number of pyridine rings is 1. The normalized spacial score (nSPS) is 10.8. The summed E-state index contributed by atoms with van der Waals surface area (Å²) in [6.45, 7) is 1.96. The quantitative estimate of drug-likeness (QED) is 0.687. The van der Waals surface area contributed by atoms with Crippen LogP contribution >= 0.6 is 0 Å². The second kappa shape index (κ2) is 4.10. The number of imidazole rings is 1. The Morgan fingerprint density at radius 1 is 1.11 bits per heavy atom. The van der Waals surface area contributed by atoms with E-state index in [1.165, 1.54) is 0 Å². The van der Waals surface area contributed by atoms with Gasteiger partial charge in [-0.25, -0.2) is 9.67 Å². The Balaban J connectivity index is 2.09. The topological polar surface area (TPSA) is 48.5 Å². The number of hydrogen-bond acceptors (Lipinski definition) is 3. The maximum Gasteiger partial charge on any atom is 0.107 e. The molecule has 3 aromatic rings. The molecule has 0 fully saturated rings. The third-order valence-electron chi connectivity index (χ3n) is 2.75. The summed E-state index contributed by atoms with van der Waals surface area (Å²) in [7, 11) is 1.95. The second-order valence-corrected chi connectivity index (χ2v) is 4.21. The molecule has 0 N–H and O–H groups in total. The highest BCUT2D eigenvalue weighted by Crippen LogP contribution is 2.19. The molecule has 0 aliphatic rings. The molecule has 3 aromatic heterocycles. The van der Waals surface area contributed by atoms with Crippen molar-refractivity contribution in [2.24, 2.45) is 7.05 Å². The van der Waals surface area contributed by atoms with Crippen molar-refractivity contribution in [1.29, 1.82) is 0 Å². The maximum absolute atomic E-state index is 4.34. The van der Waals surface area contributed by atoms with Crippen LogP contribution in [0.5, 0.6) is 0 Å². The van der Waals surface area contributed by atoms with E-state index >= 15 is 0 Å². The van der Waals surface area contributed by atoms with Crippen LogP contribution in [0.1, 0.15) is 5.69 Å². The Labute approximate surface area is 105 Å². The third kappa shape index (κ3) is 1.79. The van der Waals surface area contributed by atoms with E-state index in [1.54, 1.807) is 12.5 Å². The minimum atomic E-state index is 0.899. The minimum absolute atomic E-state index is 0.899. The van der Waals surface area contributed by atoms with Crippen LogP contribution in [0.3, 0.4) is 0 Å². The van der Waals surface area contributed by atoms with Gasteiger partial charge in [-0.1, -0.05) is 0 Å². The highest BCUT2D eigenvalue weighted by atomic mass is 15.3. The average molecular weight is 239 g/mol. The van der Waals surface area contributed by atoms with Crippen LogP contribution in [0, 0.1) is 6.92 Å². The van der Waals surface area contributed by atoms with E-state index in [-0.39, 0.29) is 0 Å². The van der Waals surface area contributed by atoms with Gasteiger partial charge in [-0.3, -0.25) is 4.98 Å². The maximum atomic E-state index is 4.34. The van der Waals surface area contributed by atoms with Gasteiger partial charge < -0.3 is 4.57 Å². The summed E-state index contributed by atoms with van der Waals surface area (Å²) < 4.78 is 3.76. The average Bonchev–Trinajstić information content (AvgIpc) is 2.98. The largest absolute Gasteiger partial charge is 0.340 e. The van der Waals surface area contributed by atoms with E-state index in [9.17, 15) is 0 Å². The van der Waals surface area contributed by atoms with E-state index in [1.807, 2.05) is 53.8 Å². The predicted molar refractivity (Wildman–Crippen MR) is 68.3 cm³/mol. The van der Waals surface area contributed by atoms with E-state index < -0.39 is 0 Å². The smallest absolute Gasteiger partial charge is 0.107 e. The Kier molecular flexibility index (Phi) is 2.44. The van der Waals surface area contributed by atoms with Crippen molar-refractivity contribution >= 4 is 0 Å². The van der Waals surface area contributed by atoms with Gasteiger partial charge in [-0.15, -0.1) is 0 Å². The molecule has 3 heterocycles. The van der Waals surface area contributed by atoms with Crippen LogP contribution in [-0.4, -0.2) is 24.3 Å². The zero-order chi connectivity index (χ0) is 12.5. The first-order chi connectivity index (χ1) is 8.74. The summed E-state index contributed by atoms with van der Waals surface area (Å²) >= 11 is 0. The number of hydrogen-bond donors (Lipinski definition) is 0. The fourth-order valence-corrected chi connectivity index (χ4v) is 1.83. The van der Waals surface area contributed by atoms with Crippen molar-refractivity contribution in [3.05, 3.63) is 48.8 Å². The van der Waals surface area contributed by atoms with Crippen LogP contribution in [0.15, 0.2) is 43.1 Å². The van der Waals surface area contributed by atoms with Gasteiger partial charge in [0.05, 0.1) is 30.1 Å². The first kappa shape index (κ1) is 10.7. The molecule has 90 valence electrons. The lowest BCUT2D eigenvalue weighted by Gasteiger charge is -2.05. The van der Waals surface area contributed by atoms with Gasteiger partial charge in [0.25, 0.3) is 0 Å². The summed E-state index contributed by atoms with van der Waals surface area (Å²) in [5, 5.41) is 4.33. The summed E-state index contributed by atoms with van der Waals surface area (Å²) in [5.74, 6) is 0. The van der Waals surface area contributed by atoms with Crippen LogP contribution in [0.25, 0.3) is 17.1 Å². The summed E-state index contributed by atoms with van der Waals surface area (Å²) in [5.41, 5.74) is 3.79. The molecule has 0 amide bonds. The number of rotatable bonds is 2. The molecule has 0 atom stereocenters. The molecular formula is C13H13N5. The monoisotopic (exact) mass is 239 g/mol. The third-order valence-corrected chi connectivity index (χ3v) is 2.75. The van der Waals surface area contributed by atoms with Crippen LogP contribution in [0.2, 0.25) is 0 Å².